The first-order valence-corrected chi connectivity index (χ1v) is 6.94. The van der Waals surface area contributed by atoms with Crippen LogP contribution < -0.4 is 0 Å². The summed E-state index contributed by atoms with van der Waals surface area (Å²) >= 11 is 0. The van der Waals surface area contributed by atoms with Crippen molar-refractivity contribution < 1.29 is 18.7 Å². The minimum atomic E-state index is -0.672. The van der Waals surface area contributed by atoms with Crippen molar-refractivity contribution in [3.63, 3.8) is 0 Å². The van der Waals surface area contributed by atoms with Crippen molar-refractivity contribution in [1.29, 1.82) is 0 Å². The van der Waals surface area contributed by atoms with E-state index in [1.165, 1.54) is 6.07 Å². The Morgan fingerprint density at radius 3 is 2.85 bits per heavy atom. The number of likely N-dealkylation sites (tertiary alicyclic amines) is 1. The van der Waals surface area contributed by atoms with Crippen LogP contribution in [0.25, 0.3) is 0 Å². The zero-order valence-corrected chi connectivity index (χ0v) is 11.5. The zero-order valence-electron chi connectivity index (χ0n) is 11.5. The molecule has 2 fully saturated rings. The fraction of sp³-hybridized carbons (Fsp3) is 0.533. The number of carbonyl (C=O) groups is 1. The van der Waals surface area contributed by atoms with Crippen LogP contribution in [0.3, 0.4) is 0 Å². The number of amides is 1. The number of hydrogen-bond donors (Lipinski definition) is 0. The molecule has 2 heterocycles. The van der Waals surface area contributed by atoms with Crippen molar-refractivity contribution in [2.45, 2.75) is 25.6 Å². The summed E-state index contributed by atoms with van der Waals surface area (Å²) in [6, 6.07) is 4.89. The van der Waals surface area contributed by atoms with E-state index in [4.69, 9.17) is 9.47 Å². The largest absolute Gasteiger partial charge is 0.346 e. The third-order valence-electron chi connectivity index (χ3n) is 3.94. The highest BCUT2D eigenvalue weighted by atomic mass is 19.1. The van der Waals surface area contributed by atoms with Gasteiger partial charge in [0.05, 0.1) is 25.3 Å². The maximum absolute atomic E-state index is 14.1. The van der Waals surface area contributed by atoms with Crippen LogP contribution in [0.4, 0.5) is 4.39 Å². The number of rotatable bonds is 1. The molecule has 0 saturated carbocycles. The predicted octanol–water partition coefficient (Wildman–Crippen LogP) is 2.11. The Morgan fingerprint density at radius 2 is 2.10 bits per heavy atom. The second-order valence-corrected chi connectivity index (χ2v) is 5.37. The van der Waals surface area contributed by atoms with Crippen LogP contribution in [0, 0.1) is 12.7 Å². The summed E-state index contributed by atoms with van der Waals surface area (Å²) in [4.78, 5) is 14.1. The minimum absolute atomic E-state index is 0.125. The van der Waals surface area contributed by atoms with Crippen LogP contribution in [0.1, 0.15) is 28.8 Å². The minimum Gasteiger partial charge on any atom is -0.346 e. The average Bonchev–Trinajstić information content (AvgIpc) is 2.89. The molecule has 3 rings (SSSR count). The molecule has 20 heavy (non-hydrogen) atoms. The van der Waals surface area contributed by atoms with Gasteiger partial charge in [0.15, 0.2) is 5.79 Å². The number of nitrogens with zero attached hydrogens (tertiary/aromatic N) is 1. The Kier molecular flexibility index (Phi) is 3.48. The average molecular weight is 279 g/mol. The summed E-state index contributed by atoms with van der Waals surface area (Å²) in [6.45, 7) is 3.76. The molecule has 0 radical (unpaired) electrons. The van der Waals surface area contributed by atoms with Crippen LogP contribution in [0.2, 0.25) is 0 Å². The van der Waals surface area contributed by atoms with Gasteiger partial charge in [-0.25, -0.2) is 4.39 Å². The molecule has 1 spiro atoms. The summed E-state index contributed by atoms with van der Waals surface area (Å²) < 4.78 is 25.3. The van der Waals surface area contributed by atoms with Crippen molar-refractivity contribution in [3.8, 4) is 0 Å². The quantitative estimate of drug-likeness (QED) is 0.790. The Morgan fingerprint density at radius 1 is 1.35 bits per heavy atom. The lowest BCUT2D eigenvalue weighted by Crippen LogP contribution is -2.51. The van der Waals surface area contributed by atoms with E-state index in [1.807, 2.05) is 0 Å². The molecule has 0 aromatic heterocycles. The topological polar surface area (TPSA) is 38.8 Å². The van der Waals surface area contributed by atoms with Gasteiger partial charge in [0.25, 0.3) is 5.91 Å². The van der Waals surface area contributed by atoms with Gasteiger partial charge in [-0.3, -0.25) is 4.79 Å². The van der Waals surface area contributed by atoms with E-state index >= 15 is 0 Å². The van der Waals surface area contributed by atoms with E-state index in [-0.39, 0.29) is 11.5 Å². The lowest BCUT2D eigenvalue weighted by Gasteiger charge is -2.38. The molecule has 0 unspecified atom stereocenters. The number of benzene rings is 1. The number of hydrogen-bond acceptors (Lipinski definition) is 3. The van der Waals surface area contributed by atoms with Gasteiger partial charge in [-0.15, -0.1) is 0 Å². The predicted molar refractivity (Wildman–Crippen MR) is 70.9 cm³/mol. The van der Waals surface area contributed by atoms with E-state index in [0.29, 0.717) is 31.9 Å². The standard InChI is InChI=1S/C15H18FNO3/c1-11-4-2-5-12(13(11)16)14(18)17-7-3-6-15(10-17)19-8-9-20-15/h2,4-5H,3,6-10H2,1H3. The van der Waals surface area contributed by atoms with E-state index in [9.17, 15) is 9.18 Å². The van der Waals surface area contributed by atoms with Crippen LogP contribution >= 0.6 is 0 Å². The van der Waals surface area contributed by atoms with Gasteiger partial charge >= 0.3 is 0 Å². The van der Waals surface area contributed by atoms with Gasteiger partial charge in [0.2, 0.25) is 0 Å². The van der Waals surface area contributed by atoms with Crippen LogP contribution in [-0.4, -0.2) is 42.9 Å². The van der Waals surface area contributed by atoms with Crippen molar-refractivity contribution in [3.05, 3.63) is 35.1 Å². The van der Waals surface area contributed by atoms with E-state index in [2.05, 4.69) is 0 Å². The van der Waals surface area contributed by atoms with Crippen LogP contribution in [0.15, 0.2) is 18.2 Å². The third-order valence-corrected chi connectivity index (χ3v) is 3.94. The molecular weight excluding hydrogens is 261 g/mol. The molecule has 2 saturated heterocycles. The molecule has 5 heteroatoms. The second kappa shape index (κ2) is 5.14. The summed E-state index contributed by atoms with van der Waals surface area (Å²) in [5.41, 5.74) is 0.607. The first-order valence-electron chi connectivity index (χ1n) is 6.94. The van der Waals surface area contributed by atoms with Crippen LogP contribution in [0.5, 0.6) is 0 Å². The normalized spacial score (nSPS) is 21.4. The van der Waals surface area contributed by atoms with Gasteiger partial charge in [-0.05, 0) is 25.0 Å². The fourth-order valence-electron chi connectivity index (χ4n) is 2.88. The molecule has 0 atom stereocenters. The summed E-state index contributed by atoms with van der Waals surface area (Å²) in [6.07, 6.45) is 1.59. The lowest BCUT2D eigenvalue weighted by molar-refractivity contribution is -0.183. The van der Waals surface area contributed by atoms with Crippen molar-refractivity contribution in [1.82, 2.24) is 4.90 Å². The smallest absolute Gasteiger partial charge is 0.257 e. The van der Waals surface area contributed by atoms with Gasteiger partial charge in [-0.2, -0.15) is 0 Å². The van der Waals surface area contributed by atoms with Gasteiger partial charge < -0.3 is 14.4 Å². The van der Waals surface area contributed by atoms with Gasteiger partial charge in [0.1, 0.15) is 5.82 Å². The molecule has 2 aliphatic heterocycles. The molecule has 1 amide bonds. The monoisotopic (exact) mass is 279 g/mol. The van der Waals surface area contributed by atoms with Crippen molar-refractivity contribution in [2.75, 3.05) is 26.3 Å². The van der Waals surface area contributed by atoms with E-state index in [0.717, 1.165) is 12.8 Å². The number of ether oxygens (including phenoxy) is 2. The molecule has 1 aromatic carbocycles. The van der Waals surface area contributed by atoms with Crippen molar-refractivity contribution >= 4 is 5.91 Å². The zero-order chi connectivity index (χ0) is 14.2. The summed E-state index contributed by atoms with van der Waals surface area (Å²) in [7, 11) is 0. The first kappa shape index (κ1) is 13.5. The van der Waals surface area contributed by atoms with E-state index < -0.39 is 11.6 Å². The molecule has 0 N–H and O–H groups in total. The third kappa shape index (κ3) is 2.31. The van der Waals surface area contributed by atoms with Crippen LogP contribution in [-0.2, 0) is 9.47 Å². The highest BCUT2D eigenvalue weighted by Gasteiger charge is 2.42. The molecule has 0 aliphatic carbocycles. The highest BCUT2D eigenvalue weighted by Crippen LogP contribution is 2.31. The number of piperidine rings is 1. The Balaban J connectivity index is 1.81. The maximum Gasteiger partial charge on any atom is 0.257 e. The van der Waals surface area contributed by atoms with Gasteiger partial charge in [-0.1, -0.05) is 12.1 Å². The van der Waals surface area contributed by atoms with E-state index in [1.54, 1.807) is 24.0 Å². The highest BCUT2D eigenvalue weighted by molar-refractivity contribution is 5.94. The second-order valence-electron chi connectivity index (χ2n) is 5.37. The number of halogens is 1. The molecule has 2 aliphatic rings. The number of aryl methyl sites for hydroxylation is 1. The van der Waals surface area contributed by atoms with Gasteiger partial charge in [0, 0.05) is 13.0 Å². The first-order chi connectivity index (χ1) is 9.61. The summed E-state index contributed by atoms with van der Waals surface area (Å²) in [5.74, 6) is -1.40. The maximum atomic E-state index is 14.1. The fourth-order valence-corrected chi connectivity index (χ4v) is 2.88. The molecular formula is C15H18FNO3. The Hall–Kier alpha value is -1.46. The SMILES string of the molecule is Cc1cccc(C(=O)N2CCCC3(C2)OCCO3)c1F. The Labute approximate surface area is 117 Å². The van der Waals surface area contributed by atoms with Crippen molar-refractivity contribution in [2.24, 2.45) is 0 Å². The summed E-state index contributed by atoms with van der Waals surface area (Å²) in [5, 5.41) is 0. The lowest BCUT2D eigenvalue weighted by atomic mass is 10.0. The molecule has 108 valence electrons. The molecule has 1 aromatic rings. The molecule has 0 bridgehead atoms. The number of carbonyl (C=O) groups excluding carboxylic acids is 1. The Bertz CT molecular complexity index is 526. The molecule has 4 nitrogen and oxygen atoms in total.